The Morgan fingerprint density at radius 2 is 1.94 bits per heavy atom. The van der Waals surface area contributed by atoms with E-state index in [1.165, 1.54) is 5.57 Å². The van der Waals surface area contributed by atoms with E-state index in [2.05, 4.69) is 49.0 Å². The molecule has 0 bridgehead atoms. The first-order chi connectivity index (χ1) is 14.8. The van der Waals surface area contributed by atoms with Crippen LogP contribution in [-0.2, 0) is 4.79 Å². The van der Waals surface area contributed by atoms with Crippen LogP contribution in [0.25, 0.3) is 11.2 Å². The molecule has 0 saturated carbocycles. The van der Waals surface area contributed by atoms with Crippen molar-refractivity contribution in [3.05, 3.63) is 65.8 Å². The fraction of sp³-hybridized carbons (Fsp3) is 0.462. The highest BCUT2D eigenvalue weighted by atomic mass is 16.2. The van der Waals surface area contributed by atoms with Crippen LogP contribution in [0.3, 0.4) is 0 Å². The molecule has 2 aromatic heterocycles. The van der Waals surface area contributed by atoms with Gasteiger partial charge in [0.25, 0.3) is 5.91 Å². The van der Waals surface area contributed by atoms with E-state index in [1.54, 1.807) is 6.08 Å². The van der Waals surface area contributed by atoms with Crippen LogP contribution in [0.5, 0.6) is 0 Å². The predicted molar refractivity (Wildman–Crippen MR) is 127 cm³/mol. The average Bonchev–Trinajstić information content (AvgIpc) is 3.13. The topological polar surface area (TPSA) is 40.9 Å². The van der Waals surface area contributed by atoms with Crippen molar-refractivity contribution in [1.82, 2.24) is 19.2 Å². The lowest BCUT2D eigenvalue weighted by Crippen LogP contribution is -2.40. The lowest BCUT2D eigenvalue weighted by atomic mass is 9.87. The van der Waals surface area contributed by atoms with E-state index in [0.717, 1.165) is 48.4 Å². The minimum atomic E-state index is 0.0355. The maximum atomic E-state index is 13.2. The number of carbonyl (C=O) groups excluding carboxylic acids is 1. The van der Waals surface area contributed by atoms with Crippen LogP contribution in [0.4, 0.5) is 0 Å². The Labute approximate surface area is 185 Å². The van der Waals surface area contributed by atoms with Crippen molar-refractivity contribution in [2.75, 3.05) is 13.1 Å². The Bertz CT molecular complexity index is 1050. The van der Waals surface area contributed by atoms with Crippen LogP contribution in [0.1, 0.15) is 51.8 Å². The number of hydrogen-bond acceptors (Lipinski definition) is 3. The molecule has 5 heteroatoms. The Balaban J connectivity index is 1.50. The molecule has 164 valence electrons. The van der Waals surface area contributed by atoms with Crippen LogP contribution in [0.15, 0.2) is 54.5 Å². The summed E-state index contributed by atoms with van der Waals surface area (Å²) in [6.45, 7) is 12.9. The summed E-state index contributed by atoms with van der Waals surface area (Å²) >= 11 is 0. The van der Waals surface area contributed by atoms with Crippen molar-refractivity contribution in [2.24, 2.45) is 5.92 Å². The molecule has 1 atom stereocenters. The molecular weight excluding hydrogens is 384 g/mol. The maximum absolute atomic E-state index is 13.2. The second-order valence-corrected chi connectivity index (χ2v) is 9.27. The summed E-state index contributed by atoms with van der Waals surface area (Å²) in [5.41, 5.74) is 5.19. The van der Waals surface area contributed by atoms with Gasteiger partial charge in [0, 0.05) is 30.7 Å². The minimum Gasteiger partial charge on any atom is -0.309 e. The molecule has 1 saturated heterocycles. The number of allylic oxidation sites excluding steroid dienone is 3. The Kier molecular flexibility index (Phi) is 6.15. The molecule has 1 fully saturated rings. The molecule has 2 aliphatic heterocycles. The van der Waals surface area contributed by atoms with Crippen LogP contribution >= 0.6 is 0 Å². The fourth-order valence-corrected chi connectivity index (χ4v) is 4.61. The maximum Gasteiger partial charge on any atom is 0.251 e. The zero-order valence-electron chi connectivity index (χ0n) is 19.4. The summed E-state index contributed by atoms with van der Waals surface area (Å²) in [5, 5.41) is 0. The van der Waals surface area contributed by atoms with Gasteiger partial charge in [-0.15, -0.1) is 0 Å². The predicted octanol–water partition coefficient (Wildman–Crippen LogP) is 4.84. The molecule has 0 aliphatic carbocycles. The molecule has 0 aromatic carbocycles. The number of imidazole rings is 1. The summed E-state index contributed by atoms with van der Waals surface area (Å²) in [5.74, 6) is 0.569. The first-order valence-electron chi connectivity index (χ1n) is 11.4. The van der Waals surface area contributed by atoms with E-state index in [-0.39, 0.29) is 11.9 Å². The van der Waals surface area contributed by atoms with Gasteiger partial charge in [0.2, 0.25) is 0 Å². The molecule has 31 heavy (non-hydrogen) atoms. The first kappa shape index (κ1) is 21.6. The quantitative estimate of drug-likeness (QED) is 0.667. The van der Waals surface area contributed by atoms with Crippen molar-refractivity contribution in [1.29, 1.82) is 0 Å². The van der Waals surface area contributed by atoms with E-state index in [9.17, 15) is 4.79 Å². The standard InChI is InChI=1S/C26H34N4O/c1-18(2)28-12-10-22(11-13-28)24-7-6-21(5)30(17-24)26(31)14-19(3)23-8-9-25-27-20(4)15-29(25)16-23/h6-9,14-18,21-22H,10-13H2,1-5H3/b19-14+. The van der Waals surface area contributed by atoms with Crippen molar-refractivity contribution in [3.63, 3.8) is 0 Å². The normalized spacial score (nSPS) is 21.2. The number of piperidine rings is 1. The van der Waals surface area contributed by atoms with Gasteiger partial charge in [0.1, 0.15) is 5.65 Å². The Hall–Kier alpha value is -2.66. The van der Waals surface area contributed by atoms with Gasteiger partial charge in [0.05, 0.1) is 11.7 Å². The number of fused-ring (bicyclic) bond motifs is 1. The third kappa shape index (κ3) is 4.67. The molecular formula is C26H34N4O. The largest absolute Gasteiger partial charge is 0.309 e. The van der Waals surface area contributed by atoms with Gasteiger partial charge in [-0.2, -0.15) is 0 Å². The Morgan fingerprint density at radius 1 is 1.19 bits per heavy atom. The number of carbonyl (C=O) groups is 1. The number of rotatable bonds is 4. The van der Waals surface area contributed by atoms with E-state index >= 15 is 0 Å². The molecule has 1 amide bonds. The van der Waals surface area contributed by atoms with Crippen LogP contribution < -0.4 is 0 Å². The van der Waals surface area contributed by atoms with Gasteiger partial charge in [-0.25, -0.2) is 4.98 Å². The van der Waals surface area contributed by atoms with Gasteiger partial charge < -0.3 is 14.2 Å². The SMILES string of the molecule is C/C(=C\C(=O)N1C=C(C2CCN(C(C)C)CC2)C=CC1C)c1ccc2nc(C)cn2c1. The second kappa shape index (κ2) is 8.83. The highest BCUT2D eigenvalue weighted by Crippen LogP contribution is 2.30. The highest BCUT2D eigenvalue weighted by Gasteiger charge is 2.26. The van der Waals surface area contributed by atoms with E-state index in [0.29, 0.717) is 12.0 Å². The lowest BCUT2D eigenvalue weighted by Gasteiger charge is -2.37. The number of likely N-dealkylation sites (tertiary alicyclic amines) is 1. The summed E-state index contributed by atoms with van der Waals surface area (Å²) in [6, 6.07) is 4.70. The van der Waals surface area contributed by atoms with Crippen molar-refractivity contribution in [2.45, 2.75) is 59.5 Å². The number of pyridine rings is 1. The van der Waals surface area contributed by atoms with E-state index in [4.69, 9.17) is 0 Å². The molecule has 1 unspecified atom stereocenters. The number of hydrogen-bond donors (Lipinski definition) is 0. The Morgan fingerprint density at radius 3 is 2.65 bits per heavy atom. The van der Waals surface area contributed by atoms with E-state index < -0.39 is 0 Å². The van der Waals surface area contributed by atoms with Gasteiger partial charge in [-0.3, -0.25) is 4.79 Å². The fourth-order valence-electron chi connectivity index (χ4n) is 4.61. The number of amides is 1. The second-order valence-electron chi connectivity index (χ2n) is 9.27. The molecule has 2 aromatic rings. The zero-order valence-corrected chi connectivity index (χ0v) is 19.4. The molecule has 4 rings (SSSR count). The first-order valence-corrected chi connectivity index (χ1v) is 11.4. The van der Waals surface area contributed by atoms with Crippen LogP contribution in [0.2, 0.25) is 0 Å². The average molecular weight is 419 g/mol. The zero-order chi connectivity index (χ0) is 22.1. The molecule has 5 nitrogen and oxygen atoms in total. The number of aromatic nitrogens is 2. The monoisotopic (exact) mass is 418 g/mol. The molecule has 4 heterocycles. The van der Waals surface area contributed by atoms with Crippen molar-refractivity contribution in [3.8, 4) is 0 Å². The smallest absolute Gasteiger partial charge is 0.251 e. The highest BCUT2D eigenvalue weighted by molar-refractivity contribution is 5.96. The summed E-state index contributed by atoms with van der Waals surface area (Å²) in [6.07, 6.45) is 14.6. The molecule has 0 radical (unpaired) electrons. The van der Waals surface area contributed by atoms with Crippen molar-refractivity contribution < 1.29 is 4.79 Å². The van der Waals surface area contributed by atoms with Gasteiger partial charge >= 0.3 is 0 Å². The van der Waals surface area contributed by atoms with Crippen LogP contribution in [-0.4, -0.2) is 50.3 Å². The summed E-state index contributed by atoms with van der Waals surface area (Å²) < 4.78 is 2.01. The molecule has 0 N–H and O–H groups in total. The number of nitrogens with zero attached hydrogens (tertiary/aromatic N) is 4. The number of aryl methyl sites for hydroxylation is 1. The van der Waals surface area contributed by atoms with Gasteiger partial charge in [0.15, 0.2) is 0 Å². The lowest BCUT2D eigenvalue weighted by molar-refractivity contribution is -0.124. The van der Waals surface area contributed by atoms with E-state index in [1.807, 2.05) is 47.7 Å². The summed E-state index contributed by atoms with van der Waals surface area (Å²) in [7, 11) is 0. The molecule has 2 aliphatic rings. The van der Waals surface area contributed by atoms with Crippen LogP contribution in [0, 0.1) is 12.8 Å². The van der Waals surface area contributed by atoms with Gasteiger partial charge in [-0.05, 0) is 95.3 Å². The van der Waals surface area contributed by atoms with Crippen molar-refractivity contribution >= 4 is 17.1 Å². The third-order valence-corrected chi connectivity index (χ3v) is 6.65. The van der Waals surface area contributed by atoms with Gasteiger partial charge in [-0.1, -0.05) is 12.2 Å². The summed E-state index contributed by atoms with van der Waals surface area (Å²) in [4.78, 5) is 22.1. The minimum absolute atomic E-state index is 0.0355. The molecule has 0 spiro atoms. The third-order valence-electron chi connectivity index (χ3n) is 6.65.